The summed E-state index contributed by atoms with van der Waals surface area (Å²) in [5.74, 6) is 0.630. The van der Waals surface area contributed by atoms with E-state index in [1.54, 1.807) is 12.1 Å². The van der Waals surface area contributed by atoms with Gasteiger partial charge in [-0.15, -0.1) is 0 Å². The average Bonchev–Trinajstić information content (AvgIpc) is 2.67. The molecule has 0 aliphatic heterocycles. The predicted molar refractivity (Wildman–Crippen MR) is 112 cm³/mol. The van der Waals surface area contributed by atoms with Crippen LogP contribution in [0.4, 0.5) is 5.69 Å². The van der Waals surface area contributed by atoms with E-state index >= 15 is 0 Å². The lowest BCUT2D eigenvalue weighted by Gasteiger charge is -2.25. The second kappa shape index (κ2) is 10.6. The van der Waals surface area contributed by atoms with E-state index < -0.39 is 4.92 Å². The zero-order valence-electron chi connectivity index (χ0n) is 16.9. The minimum Gasteiger partial charge on any atom is -0.490 e. The number of nitro benzene ring substituents is 1. The van der Waals surface area contributed by atoms with Crippen LogP contribution in [0.25, 0.3) is 0 Å². The Morgan fingerprint density at radius 2 is 1.79 bits per heavy atom. The van der Waals surface area contributed by atoms with Gasteiger partial charge in [-0.05, 0) is 63.8 Å². The van der Waals surface area contributed by atoms with Gasteiger partial charge in [0.25, 0.3) is 5.69 Å². The molecule has 0 heterocycles. The quantitative estimate of drug-likeness (QED) is 0.268. The summed E-state index contributed by atoms with van der Waals surface area (Å²) in [5.41, 5.74) is 2.36. The van der Waals surface area contributed by atoms with Crippen molar-refractivity contribution < 1.29 is 14.4 Å². The molecule has 0 fully saturated rings. The molecule has 0 spiro atoms. The normalized spacial score (nSPS) is 12.0. The Morgan fingerprint density at radius 1 is 1.11 bits per heavy atom. The highest BCUT2D eigenvalue weighted by Crippen LogP contribution is 2.22. The van der Waals surface area contributed by atoms with Crippen LogP contribution in [0.1, 0.15) is 45.6 Å². The Labute approximate surface area is 167 Å². The van der Waals surface area contributed by atoms with Crippen molar-refractivity contribution in [1.82, 2.24) is 0 Å². The Bertz CT molecular complexity index is 767. The minimum absolute atomic E-state index is 0.0659. The summed E-state index contributed by atoms with van der Waals surface area (Å²) in [4.78, 5) is 10.2. The van der Waals surface area contributed by atoms with Gasteiger partial charge in [0.1, 0.15) is 12.4 Å². The van der Waals surface area contributed by atoms with E-state index in [9.17, 15) is 10.1 Å². The molecule has 2 aromatic rings. The van der Waals surface area contributed by atoms with Crippen LogP contribution in [0.5, 0.6) is 5.75 Å². The van der Waals surface area contributed by atoms with Crippen LogP contribution >= 0.6 is 0 Å². The first-order valence-corrected chi connectivity index (χ1v) is 9.56. The van der Waals surface area contributed by atoms with Crippen molar-refractivity contribution in [3.8, 4) is 5.75 Å². The van der Waals surface area contributed by atoms with Gasteiger partial charge in [-0.2, -0.15) is 0 Å². The maximum atomic E-state index is 10.6. The van der Waals surface area contributed by atoms with Crippen molar-refractivity contribution in [1.29, 1.82) is 0 Å². The zero-order valence-corrected chi connectivity index (χ0v) is 16.9. The molecule has 5 heteroatoms. The SMILES string of the molecule is CC(=CCOc1ccc([N+](=O)[O-])cc1)CCCC(C)(C)OCc1ccccc1. The highest BCUT2D eigenvalue weighted by atomic mass is 16.6. The number of benzene rings is 2. The summed E-state index contributed by atoms with van der Waals surface area (Å²) >= 11 is 0. The van der Waals surface area contributed by atoms with Gasteiger partial charge in [-0.25, -0.2) is 0 Å². The molecule has 2 aromatic carbocycles. The molecule has 28 heavy (non-hydrogen) atoms. The molecular weight excluding hydrogens is 354 g/mol. The van der Waals surface area contributed by atoms with Crippen LogP contribution in [-0.4, -0.2) is 17.1 Å². The molecule has 0 amide bonds. The lowest BCUT2D eigenvalue weighted by molar-refractivity contribution is -0.384. The second-order valence-corrected chi connectivity index (χ2v) is 7.50. The molecule has 2 rings (SSSR count). The van der Waals surface area contributed by atoms with Crippen molar-refractivity contribution >= 4 is 5.69 Å². The third-order valence-electron chi connectivity index (χ3n) is 4.55. The molecule has 0 bridgehead atoms. The fraction of sp³-hybridized carbons (Fsp3) is 0.391. The van der Waals surface area contributed by atoms with Gasteiger partial charge in [0.2, 0.25) is 0 Å². The topological polar surface area (TPSA) is 61.6 Å². The van der Waals surface area contributed by atoms with Crippen LogP contribution in [0.2, 0.25) is 0 Å². The lowest BCUT2D eigenvalue weighted by atomic mass is 9.99. The van der Waals surface area contributed by atoms with Gasteiger partial charge < -0.3 is 9.47 Å². The number of non-ortho nitro benzene ring substituents is 1. The highest BCUT2D eigenvalue weighted by molar-refractivity contribution is 5.36. The van der Waals surface area contributed by atoms with Gasteiger partial charge in [-0.3, -0.25) is 10.1 Å². The smallest absolute Gasteiger partial charge is 0.269 e. The predicted octanol–water partition coefficient (Wildman–Crippen LogP) is 6.09. The average molecular weight is 383 g/mol. The second-order valence-electron chi connectivity index (χ2n) is 7.50. The van der Waals surface area contributed by atoms with Crippen LogP contribution in [0.3, 0.4) is 0 Å². The van der Waals surface area contributed by atoms with E-state index in [0.29, 0.717) is 19.0 Å². The standard InChI is InChI=1S/C23H29NO4/c1-19(15-17-27-22-13-11-21(12-14-22)24(25)26)8-7-16-23(2,3)28-18-20-9-5-4-6-10-20/h4-6,9-15H,7-8,16-18H2,1-3H3. The summed E-state index contributed by atoms with van der Waals surface area (Å²) in [6, 6.07) is 16.3. The molecule has 150 valence electrons. The molecule has 0 N–H and O–H groups in total. The summed E-state index contributed by atoms with van der Waals surface area (Å²) in [7, 11) is 0. The van der Waals surface area contributed by atoms with Gasteiger partial charge >= 0.3 is 0 Å². The Balaban J connectivity index is 1.67. The first-order valence-electron chi connectivity index (χ1n) is 9.56. The fourth-order valence-electron chi connectivity index (χ4n) is 2.76. The molecule has 0 aliphatic rings. The van der Waals surface area contributed by atoms with E-state index in [-0.39, 0.29) is 11.3 Å². The molecule has 0 radical (unpaired) electrons. The maximum Gasteiger partial charge on any atom is 0.269 e. The van der Waals surface area contributed by atoms with E-state index in [4.69, 9.17) is 9.47 Å². The zero-order chi connectivity index (χ0) is 20.4. The van der Waals surface area contributed by atoms with Gasteiger partial charge in [0.05, 0.1) is 17.1 Å². The number of allylic oxidation sites excluding steroid dienone is 1. The van der Waals surface area contributed by atoms with Crippen molar-refractivity contribution in [3.63, 3.8) is 0 Å². The van der Waals surface area contributed by atoms with Crippen molar-refractivity contribution in [2.75, 3.05) is 6.61 Å². The number of hydrogen-bond acceptors (Lipinski definition) is 4. The first kappa shape index (κ1) is 21.6. The fourth-order valence-corrected chi connectivity index (χ4v) is 2.76. The van der Waals surface area contributed by atoms with E-state index in [1.165, 1.54) is 23.3 Å². The summed E-state index contributed by atoms with van der Waals surface area (Å²) < 4.78 is 11.7. The van der Waals surface area contributed by atoms with Crippen LogP contribution in [-0.2, 0) is 11.3 Å². The number of nitro groups is 1. The van der Waals surface area contributed by atoms with Crippen molar-refractivity contribution in [2.45, 2.75) is 52.2 Å². The van der Waals surface area contributed by atoms with E-state index in [0.717, 1.165) is 19.3 Å². The molecule has 0 atom stereocenters. The molecule has 0 saturated heterocycles. The summed E-state index contributed by atoms with van der Waals surface area (Å²) in [6.45, 7) is 7.44. The van der Waals surface area contributed by atoms with Crippen LogP contribution in [0.15, 0.2) is 66.2 Å². The molecule has 5 nitrogen and oxygen atoms in total. The third kappa shape index (κ3) is 7.92. The lowest BCUT2D eigenvalue weighted by Crippen LogP contribution is -2.24. The van der Waals surface area contributed by atoms with Gasteiger partial charge in [-0.1, -0.05) is 35.9 Å². The van der Waals surface area contributed by atoms with Crippen LogP contribution in [0, 0.1) is 10.1 Å². The molecule has 0 aliphatic carbocycles. The Kier molecular flexibility index (Phi) is 8.20. The van der Waals surface area contributed by atoms with Crippen molar-refractivity contribution in [3.05, 3.63) is 81.9 Å². The highest BCUT2D eigenvalue weighted by Gasteiger charge is 2.17. The Morgan fingerprint density at radius 3 is 2.43 bits per heavy atom. The molecular formula is C23H29NO4. The molecule has 0 saturated carbocycles. The van der Waals surface area contributed by atoms with Gasteiger partial charge in [0.15, 0.2) is 0 Å². The monoisotopic (exact) mass is 383 g/mol. The summed E-state index contributed by atoms with van der Waals surface area (Å²) in [6.07, 6.45) is 5.07. The largest absolute Gasteiger partial charge is 0.490 e. The Hall–Kier alpha value is -2.66. The van der Waals surface area contributed by atoms with E-state index in [1.807, 2.05) is 18.2 Å². The van der Waals surface area contributed by atoms with E-state index in [2.05, 4.69) is 39.0 Å². The number of hydrogen-bond donors (Lipinski definition) is 0. The molecule has 0 unspecified atom stereocenters. The third-order valence-corrected chi connectivity index (χ3v) is 4.55. The maximum absolute atomic E-state index is 10.6. The first-order chi connectivity index (χ1) is 13.4. The van der Waals surface area contributed by atoms with Crippen molar-refractivity contribution in [2.24, 2.45) is 0 Å². The number of rotatable bonds is 11. The summed E-state index contributed by atoms with van der Waals surface area (Å²) in [5, 5.41) is 10.6. The van der Waals surface area contributed by atoms with Gasteiger partial charge in [0, 0.05) is 12.1 Å². The van der Waals surface area contributed by atoms with Crippen LogP contribution < -0.4 is 4.74 Å². The molecule has 0 aromatic heterocycles. The number of ether oxygens (including phenoxy) is 2. The minimum atomic E-state index is -0.418. The number of nitrogens with zero attached hydrogens (tertiary/aromatic N) is 1.